The molecule has 0 fully saturated rings. The Kier molecular flexibility index (Phi) is 8.66. The number of hydrogen-bond donors (Lipinski definition) is 2. The van der Waals surface area contributed by atoms with E-state index in [2.05, 4.69) is 17.0 Å². The highest BCUT2D eigenvalue weighted by atomic mass is 32.2. The minimum absolute atomic E-state index is 0.168. The topological polar surface area (TPSA) is 58.2 Å². The summed E-state index contributed by atoms with van der Waals surface area (Å²) in [6.45, 7) is 3.98. The van der Waals surface area contributed by atoms with Crippen molar-refractivity contribution in [2.45, 2.75) is 13.3 Å². The van der Waals surface area contributed by atoms with E-state index in [9.17, 15) is 8.42 Å². The molecule has 0 amide bonds. The molecule has 0 saturated carbocycles. The Morgan fingerprint density at radius 2 is 1.93 bits per heavy atom. The van der Waals surface area contributed by atoms with Crippen LogP contribution in [0, 0.1) is 0 Å². The molecule has 0 atom stereocenters. The van der Waals surface area contributed by atoms with Crippen molar-refractivity contribution in [3.63, 3.8) is 0 Å². The Morgan fingerprint density at radius 1 is 1.21 bits per heavy atom. The van der Waals surface area contributed by atoms with E-state index in [4.69, 9.17) is 0 Å². The first-order valence-electron chi connectivity index (χ1n) is 4.79. The normalized spacial score (nSPS) is 11.9. The molecule has 0 rings (SSSR count). The number of rotatable bonds is 9. The van der Waals surface area contributed by atoms with Crippen LogP contribution in [0.3, 0.4) is 0 Å². The fraction of sp³-hybridized carbons (Fsp3) is 1.00. The Bertz CT molecular complexity index is 217. The molecule has 0 aromatic carbocycles. The minimum Gasteiger partial charge on any atom is -0.316 e. The smallest absolute Gasteiger partial charge is 0.212 e. The lowest BCUT2D eigenvalue weighted by atomic mass is 10.5. The second-order valence-corrected chi connectivity index (χ2v) is 5.87. The van der Waals surface area contributed by atoms with Gasteiger partial charge in [0.2, 0.25) is 10.0 Å². The summed E-state index contributed by atoms with van der Waals surface area (Å²) in [5, 5.41) is 3.06. The summed E-state index contributed by atoms with van der Waals surface area (Å²) < 4.78 is 25.2. The summed E-state index contributed by atoms with van der Waals surface area (Å²) in [7, 11) is -3.06. The van der Waals surface area contributed by atoms with Gasteiger partial charge in [-0.15, -0.1) is 0 Å². The summed E-state index contributed by atoms with van der Waals surface area (Å²) in [5.74, 6) is 0.989. The molecule has 0 unspecified atom stereocenters. The van der Waals surface area contributed by atoms with Crippen LogP contribution < -0.4 is 10.0 Å². The Labute approximate surface area is 91.3 Å². The Hall–Kier alpha value is 0.220. The molecule has 14 heavy (non-hydrogen) atoms. The van der Waals surface area contributed by atoms with Gasteiger partial charge in [0.25, 0.3) is 0 Å². The van der Waals surface area contributed by atoms with Crippen LogP contribution in [0.2, 0.25) is 0 Å². The Morgan fingerprint density at radius 3 is 2.50 bits per heavy atom. The van der Waals surface area contributed by atoms with Crippen molar-refractivity contribution in [1.82, 2.24) is 10.0 Å². The molecule has 0 bridgehead atoms. The molecule has 2 N–H and O–H groups in total. The molecule has 0 aliphatic rings. The molecule has 86 valence electrons. The monoisotopic (exact) mass is 240 g/mol. The molecular formula is C8H20N2O2S2. The van der Waals surface area contributed by atoms with Crippen molar-refractivity contribution < 1.29 is 8.42 Å². The lowest BCUT2D eigenvalue weighted by molar-refractivity contribution is 0.579. The van der Waals surface area contributed by atoms with Crippen LogP contribution in [0.25, 0.3) is 0 Å². The predicted molar refractivity (Wildman–Crippen MR) is 63.3 cm³/mol. The average Bonchev–Trinajstić information content (AvgIpc) is 2.13. The van der Waals surface area contributed by atoms with E-state index < -0.39 is 10.0 Å². The van der Waals surface area contributed by atoms with E-state index in [0.29, 0.717) is 13.1 Å². The van der Waals surface area contributed by atoms with Crippen LogP contribution in [0.5, 0.6) is 0 Å². The van der Waals surface area contributed by atoms with Gasteiger partial charge in [0.1, 0.15) is 0 Å². The number of hydrogen-bond acceptors (Lipinski definition) is 4. The second kappa shape index (κ2) is 8.52. The van der Waals surface area contributed by atoms with Crippen molar-refractivity contribution >= 4 is 21.8 Å². The lowest BCUT2D eigenvalue weighted by Gasteiger charge is -2.06. The zero-order chi connectivity index (χ0) is 10.9. The molecule has 0 heterocycles. The number of thioether (sulfide) groups is 1. The van der Waals surface area contributed by atoms with Gasteiger partial charge in [0.15, 0.2) is 0 Å². The van der Waals surface area contributed by atoms with Gasteiger partial charge in [-0.25, -0.2) is 13.1 Å². The molecule has 0 radical (unpaired) electrons. The molecule has 6 heteroatoms. The standard InChI is InChI=1S/C8H20N2O2S2/c1-3-4-9-6-8-14(11,12)10-5-7-13-2/h9-10H,3-8H2,1-2H3. The zero-order valence-electron chi connectivity index (χ0n) is 8.88. The zero-order valence-corrected chi connectivity index (χ0v) is 10.5. The van der Waals surface area contributed by atoms with Gasteiger partial charge in [-0.2, -0.15) is 11.8 Å². The van der Waals surface area contributed by atoms with Crippen molar-refractivity contribution in [2.75, 3.05) is 37.4 Å². The van der Waals surface area contributed by atoms with E-state index in [-0.39, 0.29) is 5.75 Å². The first kappa shape index (κ1) is 14.2. The molecule has 0 aromatic heterocycles. The van der Waals surface area contributed by atoms with E-state index in [1.165, 1.54) is 0 Å². The molecule has 0 spiro atoms. The molecule has 0 saturated heterocycles. The number of sulfonamides is 1. The van der Waals surface area contributed by atoms with Gasteiger partial charge in [-0.05, 0) is 19.2 Å². The van der Waals surface area contributed by atoms with Gasteiger partial charge in [0, 0.05) is 18.8 Å². The van der Waals surface area contributed by atoms with Crippen molar-refractivity contribution in [3.05, 3.63) is 0 Å². The lowest BCUT2D eigenvalue weighted by Crippen LogP contribution is -2.33. The summed E-state index contributed by atoms with van der Waals surface area (Å²) in [5.41, 5.74) is 0. The number of nitrogens with one attached hydrogen (secondary N) is 2. The third-order valence-electron chi connectivity index (χ3n) is 1.60. The summed E-state index contributed by atoms with van der Waals surface area (Å²) in [6.07, 6.45) is 2.98. The van der Waals surface area contributed by atoms with Crippen molar-refractivity contribution in [1.29, 1.82) is 0 Å². The van der Waals surface area contributed by atoms with E-state index in [1.807, 2.05) is 6.26 Å². The molecule has 0 aliphatic heterocycles. The fourth-order valence-electron chi connectivity index (χ4n) is 0.880. The molecule has 0 aromatic rings. The predicted octanol–water partition coefficient (Wildman–Crippen LogP) is 0.268. The van der Waals surface area contributed by atoms with Crippen LogP contribution in [0.4, 0.5) is 0 Å². The van der Waals surface area contributed by atoms with Crippen molar-refractivity contribution in [3.8, 4) is 0 Å². The Balaban J connectivity index is 3.52. The van der Waals surface area contributed by atoms with Gasteiger partial charge >= 0.3 is 0 Å². The SMILES string of the molecule is CCCNCCS(=O)(=O)NCCSC. The van der Waals surface area contributed by atoms with Crippen LogP contribution in [-0.2, 0) is 10.0 Å². The van der Waals surface area contributed by atoms with Gasteiger partial charge in [-0.3, -0.25) is 0 Å². The maximum atomic E-state index is 11.3. The largest absolute Gasteiger partial charge is 0.316 e. The van der Waals surface area contributed by atoms with E-state index in [1.54, 1.807) is 11.8 Å². The highest BCUT2D eigenvalue weighted by Crippen LogP contribution is 1.89. The minimum atomic E-state index is -3.06. The maximum absolute atomic E-state index is 11.3. The quantitative estimate of drug-likeness (QED) is 0.568. The van der Waals surface area contributed by atoms with E-state index in [0.717, 1.165) is 18.7 Å². The van der Waals surface area contributed by atoms with Gasteiger partial charge in [-0.1, -0.05) is 6.92 Å². The average molecular weight is 240 g/mol. The second-order valence-electron chi connectivity index (χ2n) is 2.96. The summed E-state index contributed by atoms with van der Waals surface area (Å²) >= 11 is 1.63. The summed E-state index contributed by atoms with van der Waals surface area (Å²) in [6, 6.07) is 0. The molecule has 4 nitrogen and oxygen atoms in total. The van der Waals surface area contributed by atoms with Crippen LogP contribution in [-0.4, -0.2) is 45.8 Å². The van der Waals surface area contributed by atoms with E-state index >= 15 is 0 Å². The van der Waals surface area contributed by atoms with Crippen LogP contribution in [0.1, 0.15) is 13.3 Å². The molecule has 0 aliphatic carbocycles. The third kappa shape index (κ3) is 8.80. The third-order valence-corrected chi connectivity index (χ3v) is 3.60. The van der Waals surface area contributed by atoms with Crippen LogP contribution >= 0.6 is 11.8 Å². The first-order chi connectivity index (χ1) is 6.62. The van der Waals surface area contributed by atoms with Crippen LogP contribution in [0.15, 0.2) is 0 Å². The fourth-order valence-corrected chi connectivity index (χ4v) is 2.29. The van der Waals surface area contributed by atoms with Gasteiger partial charge < -0.3 is 5.32 Å². The van der Waals surface area contributed by atoms with Gasteiger partial charge in [0.05, 0.1) is 5.75 Å². The highest BCUT2D eigenvalue weighted by molar-refractivity contribution is 7.98. The first-order valence-corrected chi connectivity index (χ1v) is 7.84. The maximum Gasteiger partial charge on any atom is 0.212 e. The van der Waals surface area contributed by atoms with Crippen molar-refractivity contribution in [2.24, 2.45) is 0 Å². The summed E-state index contributed by atoms with van der Waals surface area (Å²) in [4.78, 5) is 0. The molecular weight excluding hydrogens is 220 g/mol. The highest BCUT2D eigenvalue weighted by Gasteiger charge is 2.07.